The summed E-state index contributed by atoms with van der Waals surface area (Å²) in [7, 11) is -3.40. The predicted molar refractivity (Wildman–Crippen MR) is 95.3 cm³/mol. The molecule has 0 spiro atoms. The smallest absolute Gasteiger partial charge is 0.338 e. The van der Waals surface area contributed by atoms with Gasteiger partial charge in [0.1, 0.15) is 0 Å². The Balaban J connectivity index is 2.04. The molecule has 0 fully saturated rings. The predicted octanol–water partition coefficient (Wildman–Crippen LogP) is 2.36. The molecule has 134 valence electrons. The van der Waals surface area contributed by atoms with Gasteiger partial charge in [0.05, 0.1) is 23.5 Å². The molecule has 1 atom stereocenters. The van der Waals surface area contributed by atoms with Crippen molar-refractivity contribution in [2.45, 2.75) is 13.0 Å². The fourth-order valence-electron chi connectivity index (χ4n) is 2.11. The summed E-state index contributed by atoms with van der Waals surface area (Å²) in [4.78, 5) is 24.4. The van der Waals surface area contributed by atoms with Crippen molar-refractivity contribution in [3.05, 3.63) is 65.2 Å². The highest BCUT2D eigenvalue weighted by Gasteiger charge is 2.20. The minimum Gasteiger partial charge on any atom is -0.451 e. The average Bonchev–Trinajstić information content (AvgIpc) is 2.60. The molecule has 0 aromatic heterocycles. The van der Waals surface area contributed by atoms with Crippen LogP contribution in [0.3, 0.4) is 0 Å². The number of rotatable bonds is 6. The molecule has 0 saturated heterocycles. The summed E-state index contributed by atoms with van der Waals surface area (Å²) >= 11 is 0. The van der Waals surface area contributed by atoms with Crippen molar-refractivity contribution in [1.82, 2.24) is 0 Å². The van der Waals surface area contributed by atoms with Crippen LogP contribution in [0.5, 0.6) is 0 Å². The van der Waals surface area contributed by atoms with Gasteiger partial charge in [0.15, 0.2) is 6.10 Å². The van der Waals surface area contributed by atoms with Gasteiger partial charge in [0.25, 0.3) is 0 Å². The molecule has 2 aromatic rings. The second kappa shape index (κ2) is 7.80. The van der Waals surface area contributed by atoms with Crippen LogP contribution in [0, 0.1) is 11.3 Å². The molecule has 0 bridgehead atoms. The van der Waals surface area contributed by atoms with E-state index in [-0.39, 0.29) is 11.1 Å². The van der Waals surface area contributed by atoms with Crippen molar-refractivity contribution < 1.29 is 22.7 Å². The third kappa shape index (κ3) is 5.16. The van der Waals surface area contributed by atoms with Crippen molar-refractivity contribution in [2.24, 2.45) is 0 Å². The Kier molecular flexibility index (Phi) is 5.75. The van der Waals surface area contributed by atoms with Crippen LogP contribution in [0.15, 0.2) is 48.5 Å². The molecule has 2 rings (SSSR count). The highest BCUT2D eigenvalue weighted by molar-refractivity contribution is 7.92. The highest BCUT2D eigenvalue weighted by atomic mass is 32.2. The number of hydrogen-bond acceptors (Lipinski definition) is 6. The molecule has 0 amide bonds. The zero-order valence-electron chi connectivity index (χ0n) is 14.1. The van der Waals surface area contributed by atoms with Gasteiger partial charge in [-0.1, -0.05) is 0 Å². The largest absolute Gasteiger partial charge is 0.451 e. The van der Waals surface area contributed by atoms with E-state index >= 15 is 0 Å². The van der Waals surface area contributed by atoms with E-state index in [0.29, 0.717) is 11.3 Å². The number of ether oxygens (including phenoxy) is 1. The Morgan fingerprint density at radius 2 is 1.58 bits per heavy atom. The maximum Gasteiger partial charge on any atom is 0.338 e. The van der Waals surface area contributed by atoms with Crippen molar-refractivity contribution in [1.29, 1.82) is 5.26 Å². The lowest BCUT2D eigenvalue weighted by atomic mass is 10.1. The molecule has 7 nitrogen and oxygen atoms in total. The number of hydrogen-bond donors (Lipinski definition) is 1. The number of benzene rings is 2. The Morgan fingerprint density at radius 3 is 2.08 bits per heavy atom. The first-order valence-electron chi connectivity index (χ1n) is 7.53. The van der Waals surface area contributed by atoms with Crippen molar-refractivity contribution in [3.63, 3.8) is 0 Å². The van der Waals surface area contributed by atoms with Crippen LogP contribution < -0.4 is 4.72 Å². The van der Waals surface area contributed by atoms with Gasteiger partial charge in [-0.05, 0) is 55.5 Å². The lowest BCUT2D eigenvalue weighted by Gasteiger charge is -2.13. The van der Waals surface area contributed by atoms with Gasteiger partial charge in [0.2, 0.25) is 15.8 Å². The van der Waals surface area contributed by atoms with Gasteiger partial charge < -0.3 is 4.74 Å². The molecule has 0 aliphatic rings. The Morgan fingerprint density at radius 1 is 1.04 bits per heavy atom. The minimum absolute atomic E-state index is 0.233. The first kappa shape index (κ1) is 19.1. The first-order valence-corrected chi connectivity index (χ1v) is 9.42. The van der Waals surface area contributed by atoms with Crippen LogP contribution in [0.4, 0.5) is 5.69 Å². The van der Waals surface area contributed by atoms with Gasteiger partial charge in [0, 0.05) is 11.3 Å². The number of carbonyl (C=O) groups is 2. The molecule has 0 unspecified atom stereocenters. The lowest BCUT2D eigenvalue weighted by Crippen LogP contribution is -2.24. The Bertz CT molecular complexity index is 958. The van der Waals surface area contributed by atoms with Crippen LogP contribution >= 0.6 is 0 Å². The van der Waals surface area contributed by atoms with Gasteiger partial charge in [-0.25, -0.2) is 13.2 Å². The van der Waals surface area contributed by atoms with Crippen LogP contribution in [0.1, 0.15) is 33.2 Å². The number of anilines is 1. The van der Waals surface area contributed by atoms with E-state index in [1.807, 2.05) is 6.07 Å². The molecule has 0 aliphatic heterocycles. The fourth-order valence-corrected chi connectivity index (χ4v) is 2.68. The van der Waals surface area contributed by atoms with Crippen LogP contribution in [0.25, 0.3) is 0 Å². The number of sulfonamides is 1. The highest BCUT2D eigenvalue weighted by Crippen LogP contribution is 2.14. The van der Waals surface area contributed by atoms with Crippen molar-refractivity contribution in [3.8, 4) is 6.07 Å². The number of esters is 1. The summed E-state index contributed by atoms with van der Waals surface area (Å²) in [5, 5.41) is 8.74. The van der Waals surface area contributed by atoms with Gasteiger partial charge in [-0.2, -0.15) is 5.26 Å². The first-order chi connectivity index (χ1) is 12.2. The number of nitriles is 1. The zero-order chi connectivity index (χ0) is 19.3. The summed E-state index contributed by atoms with van der Waals surface area (Å²) in [5.74, 6) is -1.09. The summed E-state index contributed by atoms with van der Waals surface area (Å²) in [6.45, 7) is 1.45. The third-order valence-electron chi connectivity index (χ3n) is 3.38. The number of Topliss-reactive ketones (excluding diaryl/α,β-unsaturated/α-hetero) is 1. The SMILES string of the molecule is C[C@H](OC(=O)c1ccc(C#N)cc1)C(=O)c1ccc(NS(C)(=O)=O)cc1. The standard InChI is InChI=1S/C18H16N2O5S/c1-12(25-18(22)15-5-3-13(11-19)4-6-15)17(21)14-7-9-16(10-8-14)20-26(2,23)24/h3-10,12,20H,1-2H3/t12-/m0/s1. The van der Waals surface area contributed by atoms with Crippen molar-refractivity contribution >= 4 is 27.5 Å². The lowest BCUT2D eigenvalue weighted by molar-refractivity contribution is 0.0319. The average molecular weight is 372 g/mol. The van der Waals surface area contributed by atoms with Crippen LogP contribution in [-0.4, -0.2) is 32.5 Å². The van der Waals surface area contributed by atoms with E-state index in [1.165, 1.54) is 55.5 Å². The number of ketones is 1. The van der Waals surface area contributed by atoms with Crippen LogP contribution in [0.2, 0.25) is 0 Å². The number of carbonyl (C=O) groups excluding carboxylic acids is 2. The second-order valence-electron chi connectivity index (χ2n) is 5.55. The molecule has 0 saturated carbocycles. The molecule has 0 aliphatic carbocycles. The third-order valence-corrected chi connectivity index (χ3v) is 3.98. The van der Waals surface area contributed by atoms with Gasteiger partial charge in [-0.3, -0.25) is 9.52 Å². The van der Waals surface area contributed by atoms with E-state index in [2.05, 4.69) is 4.72 Å². The van der Waals surface area contributed by atoms with Crippen LogP contribution in [-0.2, 0) is 14.8 Å². The Labute approximate surface area is 151 Å². The van der Waals surface area contributed by atoms with E-state index in [1.54, 1.807) is 0 Å². The Hall–Kier alpha value is -3.18. The van der Waals surface area contributed by atoms with E-state index < -0.39 is 27.9 Å². The summed E-state index contributed by atoms with van der Waals surface area (Å²) in [5.41, 5.74) is 1.25. The summed E-state index contributed by atoms with van der Waals surface area (Å²) < 4.78 is 29.8. The van der Waals surface area contributed by atoms with Gasteiger partial charge in [-0.15, -0.1) is 0 Å². The topological polar surface area (TPSA) is 113 Å². The fraction of sp³-hybridized carbons (Fsp3) is 0.167. The normalized spacial score (nSPS) is 11.9. The minimum atomic E-state index is -3.40. The summed E-state index contributed by atoms with van der Waals surface area (Å²) in [6, 6.07) is 13.6. The van der Waals surface area contributed by atoms with Gasteiger partial charge >= 0.3 is 5.97 Å². The molecular formula is C18H16N2O5S. The molecule has 26 heavy (non-hydrogen) atoms. The second-order valence-corrected chi connectivity index (χ2v) is 7.30. The molecule has 0 heterocycles. The molecule has 8 heteroatoms. The molecular weight excluding hydrogens is 356 g/mol. The van der Waals surface area contributed by atoms with E-state index in [0.717, 1.165) is 6.26 Å². The number of nitrogens with one attached hydrogen (secondary N) is 1. The zero-order valence-corrected chi connectivity index (χ0v) is 14.9. The van der Waals surface area contributed by atoms with E-state index in [4.69, 9.17) is 10.00 Å². The maximum absolute atomic E-state index is 12.3. The number of nitrogens with zero attached hydrogens (tertiary/aromatic N) is 1. The van der Waals surface area contributed by atoms with Crippen molar-refractivity contribution in [2.75, 3.05) is 11.0 Å². The van der Waals surface area contributed by atoms with E-state index in [9.17, 15) is 18.0 Å². The molecule has 2 aromatic carbocycles. The quantitative estimate of drug-likeness (QED) is 0.615. The summed E-state index contributed by atoms with van der Waals surface area (Å²) in [6.07, 6.45) is 0.00312. The molecule has 1 N–H and O–H groups in total. The maximum atomic E-state index is 12.3. The monoisotopic (exact) mass is 372 g/mol. The molecule has 0 radical (unpaired) electrons.